The molecule has 3 aromatic rings. The number of aliphatic carboxylic acids is 1. The molecule has 2 aromatic heterocycles. The first-order chi connectivity index (χ1) is 14.4. The lowest BCUT2D eigenvalue weighted by atomic mass is 9.77. The second-order valence-electron chi connectivity index (χ2n) is 8.72. The summed E-state index contributed by atoms with van der Waals surface area (Å²) < 4.78 is 1.93. The lowest BCUT2D eigenvalue weighted by molar-refractivity contribution is -0.149. The second-order valence-corrected chi connectivity index (χ2v) is 8.72. The van der Waals surface area contributed by atoms with Crippen molar-refractivity contribution in [2.75, 3.05) is 18.0 Å². The van der Waals surface area contributed by atoms with E-state index in [1.807, 2.05) is 54.8 Å². The van der Waals surface area contributed by atoms with Crippen LogP contribution in [0.3, 0.4) is 0 Å². The average molecular weight is 407 g/mol. The monoisotopic (exact) mass is 406 g/mol. The van der Waals surface area contributed by atoms with Crippen LogP contribution in [0.25, 0.3) is 16.9 Å². The van der Waals surface area contributed by atoms with Gasteiger partial charge in [-0.15, -0.1) is 0 Å². The SMILES string of the molecule is CCC1(C(=O)O)CCCN(c2c(C(C)C)c(C)nc3cc(-c4ccccc4)nn23)C1. The standard InChI is InChI=1S/C24H30N4O2/c1-5-24(23(29)30)12-9-13-27(15-24)22-21(16(2)3)17(4)25-20-14-19(26-28(20)22)18-10-7-6-8-11-18/h6-8,10-11,14,16H,5,9,12-13,15H2,1-4H3,(H,29,30). The van der Waals surface area contributed by atoms with Gasteiger partial charge in [0.15, 0.2) is 5.65 Å². The van der Waals surface area contributed by atoms with E-state index in [0.717, 1.165) is 46.9 Å². The minimum atomic E-state index is -0.717. The van der Waals surface area contributed by atoms with Crippen LogP contribution in [0.2, 0.25) is 0 Å². The van der Waals surface area contributed by atoms with E-state index in [2.05, 4.69) is 18.7 Å². The molecule has 1 N–H and O–H groups in total. The smallest absolute Gasteiger partial charge is 0.311 e. The number of aryl methyl sites for hydroxylation is 1. The summed E-state index contributed by atoms with van der Waals surface area (Å²) in [4.78, 5) is 19.2. The number of hydrogen-bond acceptors (Lipinski definition) is 4. The predicted molar refractivity (Wildman–Crippen MR) is 119 cm³/mol. The van der Waals surface area contributed by atoms with E-state index in [4.69, 9.17) is 10.1 Å². The van der Waals surface area contributed by atoms with Gasteiger partial charge in [-0.2, -0.15) is 9.61 Å². The second kappa shape index (κ2) is 7.74. The van der Waals surface area contributed by atoms with Gasteiger partial charge in [-0.1, -0.05) is 51.1 Å². The van der Waals surface area contributed by atoms with Crippen molar-refractivity contribution >= 4 is 17.4 Å². The number of benzene rings is 1. The van der Waals surface area contributed by atoms with Crippen LogP contribution in [0.4, 0.5) is 5.82 Å². The van der Waals surface area contributed by atoms with Crippen LogP contribution >= 0.6 is 0 Å². The highest BCUT2D eigenvalue weighted by atomic mass is 16.4. The average Bonchev–Trinajstić information content (AvgIpc) is 3.16. The van der Waals surface area contributed by atoms with E-state index < -0.39 is 11.4 Å². The summed E-state index contributed by atoms with van der Waals surface area (Å²) in [5.74, 6) is 0.547. The highest BCUT2D eigenvalue weighted by Gasteiger charge is 2.42. The number of piperidine rings is 1. The first-order valence-corrected chi connectivity index (χ1v) is 10.8. The van der Waals surface area contributed by atoms with E-state index in [1.54, 1.807) is 0 Å². The molecule has 6 nitrogen and oxygen atoms in total. The van der Waals surface area contributed by atoms with Crippen molar-refractivity contribution in [1.29, 1.82) is 0 Å². The minimum absolute atomic E-state index is 0.254. The van der Waals surface area contributed by atoms with Gasteiger partial charge >= 0.3 is 5.97 Å². The Morgan fingerprint density at radius 3 is 2.63 bits per heavy atom. The number of carboxylic acid groups (broad SMARTS) is 1. The number of aromatic nitrogens is 3. The van der Waals surface area contributed by atoms with Crippen LogP contribution in [0.15, 0.2) is 36.4 Å². The number of anilines is 1. The summed E-state index contributed by atoms with van der Waals surface area (Å²) >= 11 is 0. The third-order valence-electron chi connectivity index (χ3n) is 6.46. The topological polar surface area (TPSA) is 70.7 Å². The van der Waals surface area contributed by atoms with Crippen molar-refractivity contribution in [3.05, 3.63) is 47.7 Å². The van der Waals surface area contributed by atoms with Crippen LogP contribution in [-0.4, -0.2) is 38.8 Å². The van der Waals surface area contributed by atoms with Gasteiger partial charge < -0.3 is 10.0 Å². The first-order valence-electron chi connectivity index (χ1n) is 10.8. The Labute approximate surface area is 177 Å². The molecule has 0 bridgehead atoms. The quantitative estimate of drug-likeness (QED) is 0.652. The van der Waals surface area contributed by atoms with Gasteiger partial charge in [0.2, 0.25) is 0 Å². The third kappa shape index (κ3) is 3.34. The Bertz CT molecular complexity index is 1070. The highest BCUT2D eigenvalue weighted by Crippen LogP contribution is 2.39. The Morgan fingerprint density at radius 2 is 2.00 bits per heavy atom. The number of carbonyl (C=O) groups is 1. The first kappa shape index (κ1) is 20.4. The summed E-state index contributed by atoms with van der Waals surface area (Å²) in [7, 11) is 0. The van der Waals surface area contributed by atoms with E-state index in [-0.39, 0.29) is 5.92 Å². The van der Waals surface area contributed by atoms with E-state index >= 15 is 0 Å². The van der Waals surface area contributed by atoms with Gasteiger partial charge in [0.1, 0.15) is 5.82 Å². The molecule has 0 radical (unpaired) electrons. The molecule has 30 heavy (non-hydrogen) atoms. The summed E-state index contributed by atoms with van der Waals surface area (Å²) in [5, 5.41) is 14.9. The van der Waals surface area contributed by atoms with E-state index in [1.165, 1.54) is 0 Å². The molecule has 1 aromatic carbocycles. The lowest BCUT2D eigenvalue weighted by Crippen LogP contribution is -2.48. The zero-order valence-electron chi connectivity index (χ0n) is 18.2. The molecule has 6 heteroatoms. The molecule has 0 amide bonds. The zero-order chi connectivity index (χ0) is 21.5. The van der Waals surface area contributed by atoms with Crippen LogP contribution in [0.1, 0.15) is 57.2 Å². The van der Waals surface area contributed by atoms with Crippen molar-refractivity contribution in [3.63, 3.8) is 0 Å². The van der Waals surface area contributed by atoms with Crippen molar-refractivity contribution in [2.45, 2.75) is 52.9 Å². The van der Waals surface area contributed by atoms with Crippen molar-refractivity contribution in [1.82, 2.24) is 14.6 Å². The van der Waals surface area contributed by atoms with Gasteiger partial charge in [0, 0.05) is 36.0 Å². The fraction of sp³-hybridized carbons (Fsp3) is 0.458. The van der Waals surface area contributed by atoms with E-state index in [9.17, 15) is 9.90 Å². The number of rotatable bonds is 5. The Hall–Kier alpha value is -2.89. The summed E-state index contributed by atoms with van der Waals surface area (Å²) in [6, 6.07) is 12.1. The van der Waals surface area contributed by atoms with Crippen molar-refractivity contribution < 1.29 is 9.90 Å². The molecule has 1 aliphatic rings. The minimum Gasteiger partial charge on any atom is -0.481 e. The normalized spacial score (nSPS) is 19.6. The molecule has 1 aliphatic heterocycles. The van der Waals surface area contributed by atoms with Crippen molar-refractivity contribution in [2.24, 2.45) is 5.41 Å². The van der Waals surface area contributed by atoms with Crippen molar-refractivity contribution in [3.8, 4) is 11.3 Å². The Balaban J connectivity index is 1.91. The number of carboxylic acids is 1. The lowest BCUT2D eigenvalue weighted by Gasteiger charge is -2.41. The maximum Gasteiger partial charge on any atom is 0.311 e. The molecule has 0 aliphatic carbocycles. The molecule has 3 heterocycles. The molecule has 1 saturated heterocycles. The van der Waals surface area contributed by atoms with Crippen LogP contribution < -0.4 is 4.90 Å². The van der Waals surface area contributed by atoms with Gasteiger partial charge in [-0.25, -0.2) is 4.98 Å². The molecular formula is C24H30N4O2. The van der Waals surface area contributed by atoms with Crippen LogP contribution in [0, 0.1) is 12.3 Å². The number of hydrogen-bond donors (Lipinski definition) is 1. The molecule has 1 unspecified atom stereocenters. The molecule has 0 spiro atoms. The fourth-order valence-electron chi connectivity index (χ4n) is 4.77. The van der Waals surface area contributed by atoms with Crippen LogP contribution in [-0.2, 0) is 4.79 Å². The number of nitrogens with zero attached hydrogens (tertiary/aromatic N) is 4. The van der Waals surface area contributed by atoms with Gasteiger partial charge in [0.05, 0.1) is 11.1 Å². The fourth-order valence-corrected chi connectivity index (χ4v) is 4.77. The third-order valence-corrected chi connectivity index (χ3v) is 6.46. The maximum atomic E-state index is 12.2. The molecular weight excluding hydrogens is 376 g/mol. The summed E-state index contributed by atoms with van der Waals surface area (Å²) in [5.41, 5.74) is 4.13. The number of fused-ring (bicyclic) bond motifs is 1. The summed E-state index contributed by atoms with van der Waals surface area (Å²) in [6.07, 6.45) is 2.19. The molecule has 0 saturated carbocycles. The molecule has 4 rings (SSSR count). The largest absolute Gasteiger partial charge is 0.481 e. The van der Waals surface area contributed by atoms with Gasteiger partial charge in [-0.3, -0.25) is 4.79 Å². The molecule has 1 atom stereocenters. The van der Waals surface area contributed by atoms with E-state index in [0.29, 0.717) is 19.4 Å². The highest BCUT2D eigenvalue weighted by molar-refractivity contribution is 5.76. The predicted octanol–water partition coefficient (Wildman–Crippen LogP) is 4.91. The Kier molecular flexibility index (Phi) is 5.26. The summed E-state index contributed by atoms with van der Waals surface area (Å²) in [6.45, 7) is 9.67. The molecule has 158 valence electrons. The zero-order valence-corrected chi connectivity index (χ0v) is 18.2. The molecule has 1 fully saturated rings. The van der Waals surface area contributed by atoms with Gasteiger partial charge in [-0.05, 0) is 32.1 Å². The van der Waals surface area contributed by atoms with Gasteiger partial charge in [0.25, 0.3) is 0 Å². The van der Waals surface area contributed by atoms with Crippen LogP contribution in [0.5, 0.6) is 0 Å². The maximum absolute atomic E-state index is 12.2. The Morgan fingerprint density at radius 1 is 1.27 bits per heavy atom.